The minimum Gasteiger partial charge on any atom is -0.390 e. The van der Waals surface area contributed by atoms with Crippen molar-refractivity contribution >= 4 is 15.9 Å². The van der Waals surface area contributed by atoms with Gasteiger partial charge in [-0.1, -0.05) is 35.0 Å². The number of hydrogen-bond acceptors (Lipinski definition) is 2. The van der Waals surface area contributed by atoms with Gasteiger partial charge in [0.2, 0.25) is 0 Å². The smallest absolute Gasteiger partial charge is 0.0672 e. The van der Waals surface area contributed by atoms with Crippen molar-refractivity contribution in [2.75, 3.05) is 13.1 Å². The fourth-order valence-corrected chi connectivity index (χ4v) is 2.16. The second-order valence-electron chi connectivity index (χ2n) is 4.41. The predicted molar refractivity (Wildman–Crippen MR) is 71.6 cm³/mol. The lowest BCUT2D eigenvalue weighted by Gasteiger charge is -2.23. The van der Waals surface area contributed by atoms with Gasteiger partial charge >= 0.3 is 0 Å². The normalized spacial score (nSPS) is 14.8. The molecule has 1 rings (SSSR count). The van der Waals surface area contributed by atoms with E-state index in [1.165, 1.54) is 0 Å². The highest BCUT2D eigenvalue weighted by molar-refractivity contribution is 9.10. The number of benzene rings is 1. The summed E-state index contributed by atoms with van der Waals surface area (Å²) >= 11 is 3.44. The lowest BCUT2D eigenvalue weighted by molar-refractivity contribution is 0.0517. The summed E-state index contributed by atoms with van der Waals surface area (Å²) in [5.41, 5.74) is 0.527. The van der Waals surface area contributed by atoms with E-state index in [-0.39, 0.29) is 0 Å². The fourth-order valence-electron chi connectivity index (χ4n) is 1.71. The minimum atomic E-state index is -0.636. The first-order chi connectivity index (χ1) is 7.53. The van der Waals surface area contributed by atoms with E-state index < -0.39 is 5.60 Å². The van der Waals surface area contributed by atoms with Crippen LogP contribution in [0.4, 0.5) is 0 Å². The molecule has 3 heteroatoms. The van der Waals surface area contributed by atoms with Gasteiger partial charge in [-0.25, -0.2) is 0 Å². The first kappa shape index (κ1) is 13.7. The Morgan fingerprint density at radius 3 is 2.81 bits per heavy atom. The van der Waals surface area contributed by atoms with Crippen LogP contribution in [-0.4, -0.2) is 23.8 Å². The van der Waals surface area contributed by atoms with Crippen molar-refractivity contribution in [3.05, 3.63) is 34.3 Å². The topological polar surface area (TPSA) is 32.3 Å². The average molecular weight is 286 g/mol. The molecule has 16 heavy (non-hydrogen) atoms. The minimum absolute atomic E-state index is 0.636. The fraction of sp³-hybridized carbons (Fsp3) is 0.538. The highest BCUT2D eigenvalue weighted by atomic mass is 79.9. The van der Waals surface area contributed by atoms with Crippen molar-refractivity contribution in [2.45, 2.75) is 32.3 Å². The largest absolute Gasteiger partial charge is 0.390 e. The molecule has 0 aliphatic heterocycles. The molecule has 2 nitrogen and oxygen atoms in total. The van der Waals surface area contributed by atoms with Gasteiger partial charge in [-0.15, -0.1) is 0 Å². The molecule has 1 aromatic carbocycles. The summed E-state index contributed by atoms with van der Waals surface area (Å²) in [6.07, 6.45) is 1.46. The second-order valence-corrected chi connectivity index (χ2v) is 5.32. The van der Waals surface area contributed by atoms with Crippen LogP contribution in [0.25, 0.3) is 0 Å². The molecule has 0 aliphatic rings. The van der Waals surface area contributed by atoms with E-state index in [0.29, 0.717) is 6.42 Å². The molecule has 1 aromatic rings. The summed E-state index contributed by atoms with van der Waals surface area (Å²) in [6, 6.07) is 8.10. The van der Waals surface area contributed by atoms with E-state index in [4.69, 9.17) is 0 Å². The molecule has 0 bridgehead atoms. The number of nitrogens with one attached hydrogen (secondary N) is 1. The summed E-state index contributed by atoms with van der Waals surface area (Å²) in [4.78, 5) is 0. The molecule has 0 saturated heterocycles. The van der Waals surface area contributed by atoms with Gasteiger partial charge in [0.1, 0.15) is 0 Å². The van der Waals surface area contributed by atoms with Crippen molar-refractivity contribution in [2.24, 2.45) is 0 Å². The number of hydrogen-bond donors (Lipinski definition) is 2. The Balaban J connectivity index is 2.51. The Morgan fingerprint density at radius 2 is 2.19 bits per heavy atom. The maximum Gasteiger partial charge on any atom is 0.0672 e. The van der Waals surface area contributed by atoms with E-state index in [2.05, 4.69) is 34.2 Å². The van der Waals surface area contributed by atoms with Gasteiger partial charge in [0.25, 0.3) is 0 Å². The molecular formula is C13H20BrNO. The first-order valence-electron chi connectivity index (χ1n) is 5.71. The molecule has 0 radical (unpaired) electrons. The zero-order chi connectivity index (χ0) is 12.0. The molecule has 0 fully saturated rings. The Bertz CT molecular complexity index is 325. The number of halogens is 1. The molecule has 90 valence electrons. The van der Waals surface area contributed by atoms with Gasteiger partial charge in [0.15, 0.2) is 0 Å². The molecule has 1 atom stereocenters. The Morgan fingerprint density at radius 1 is 1.44 bits per heavy atom. The molecular weight excluding hydrogens is 266 g/mol. The molecule has 1 unspecified atom stereocenters. The summed E-state index contributed by atoms with van der Waals surface area (Å²) in [6.45, 7) is 5.78. The van der Waals surface area contributed by atoms with Crippen LogP contribution in [0.15, 0.2) is 28.7 Å². The van der Waals surface area contributed by atoms with Crippen LogP contribution < -0.4 is 5.32 Å². The number of aliphatic hydroxyl groups is 1. The van der Waals surface area contributed by atoms with E-state index in [1.54, 1.807) is 0 Å². The molecule has 0 heterocycles. The van der Waals surface area contributed by atoms with Crippen molar-refractivity contribution in [1.82, 2.24) is 5.32 Å². The summed E-state index contributed by atoms with van der Waals surface area (Å²) in [7, 11) is 0. The maximum atomic E-state index is 10.2. The predicted octanol–water partition coefficient (Wildman–Crippen LogP) is 2.74. The van der Waals surface area contributed by atoms with Crippen LogP contribution in [0.2, 0.25) is 0 Å². The Hall–Kier alpha value is -0.380. The third kappa shape index (κ3) is 5.10. The molecule has 2 N–H and O–H groups in total. The average Bonchev–Trinajstić information content (AvgIpc) is 2.17. The standard InChI is InChI=1S/C13H20BrNO/c1-3-15-8-7-13(2,16)10-11-5-4-6-12(14)9-11/h4-6,9,15-16H,3,7-8,10H2,1-2H3. The lowest BCUT2D eigenvalue weighted by atomic mass is 9.93. The maximum absolute atomic E-state index is 10.2. The second kappa shape index (κ2) is 6.38. The third-order valence-corrected chi connectivity index (χ3v) is 3.06. The van der Waals surface area contributed by atoms with E-state index >= 15 is 0 Å². The zero-order valence-electron chi connectivity index (χ0n) is 9.96. The van der Waals surface area contributed by atoms with E-state index in [9.17, 15) is 5.11 Å². The molecule has 0 amide bonds. The Labute approximate surface area is 106 Å². The van der Waals surface area contributed by atoms with Crippen molar-refractivity contribution < 1.29 is 5.11 Å². The van der Waals surface area contributed by atoms with Gasteiger partial charge < -0.3 is 10.4 Å². The van der Waals surface area contributed by atoms with Crippen LogP contribution in [-0.2, 0) is 6.42 Å². The van der Waals surface area contributed by atoms with Crippen LogP contribution in [0, 0.1) is 0 Å². The van der Waals surface area contributed by atoms with Gasteiger partial charge in [-0.05, 0) is 44.1 Å². The summed E-state index contributed by atoms with van der Waals surface area (Å²) in [5.74, 6) is 0. The highest BCUT2D eigenvalue weighted by Gasteiger charge is 2.20. The van der Waals surface area contributed by atoms with Crippen LogP contribution in [0.3, 0.4) is 0 Å². The molecule has 0 aromatic heterocycles. The molecule has 0 spiro atoms. The lowest BCUT2D eigenvalue weighted by Crippen LogP contribution is -2.32. The van der Waals surface area contributed by atoms with Gasteiger partial charge in [0.05, 0.1) is 5.60 Å². The van der Waals surface area contributed by atoms with Crippen molar-refractivity contribution in [3.63, 3.8) is 0 Å². The van der Waals surface area contributed by atoms with Gasteiger partial charge in [-0.3, -0.25) is 0 Å². The van der Waals surface area contributed by atoms with Crippen LogP contribution >= 0.6 is 15.9 Å². The molecule has 0 saturated carbocycles. The highest BCUT2D eigenvalue weighted by Crippen LogP contribution is 2.19. The van der Waals surface area contributed by atoms with Crippen molar-refractivity contribution in [1.29, 1.82) is 0 Å². The summed E-state index contributed by atoms with van der Waals surface area (Å²) in [5, 5.41) is 13.5. The monoisotopic (exact) mass is 285 g/mol. The number of rotatable bonds is 6. The van der Waals surface area contributed by atoms with Gasteiger partial charge in [-0.2, -0.15) is 0 Å². The quantitative estimate of drug-likeness (QED) is 0.788. The zero-order valence-corrected chi connectivity index (χ0v) is 11.5. The molecule has 0 aliphatic carbocycles. The first-order valence-corrected chi connectivity index (χ1v) is 6.50. The van der Waals surface area contributed by atoms with E-state index in [1.807, 2.05) is 25.1 Å². The van der Waals surface area contributed by atoms with Gasteiger partial charge in [0, 0.05) is 10.9 Å². The summed E-state index contributed by atoms with van der Waals surface area (Å²) < 4.78 is 1.06. The van der Waals surface area contributed by atoms with Crippen molar-refractivity contribution in [3.8, 4) is 0 Å². The third-order valence-electron chi connectivity index (χ3n) is 2.56. The van der Waals surface area contributed by atoms with Crippen LogP contribution in [0.5, 0.6) is 0 Å². The van der Waals surface area contributed by atoms with Crippen LogP contribution in [0.1, 0.15) is 25.8 Å². The SMILES string of the molecule is CCNCCC(C)(O)Cc1cccc(Br)c1. The Kier molecular flexibility index (Phi) is 5.46. The van der Waals surface area contributed by atoms with E-state index in [0.717, 1.165) is 29.5 Å².